The Hall–Kier alpha value is -3.14. The average molecular weight is 553 g/mol. The van der Waals surface area contributed by atoms with E-state index in [1.165, 1.54) is 12.1 Å². The van der Waals surface area contributed by atoms with E-state index in [2.05, 4.69) is 11.9 Å². The Bertz CT molecular complexity index is 1310. The van der Waals surface area contributed by atoms with Gasteiger partial charge in [0.05, 0.1) is 18.0 Å². The van der Waals surface area contributed by atoms with Crippen LogP contribution in [-0.4, -0.2) is 65.4 Å². The summed E-state index contributed by atoms with van der Waals surface area (Å²) in [5.74, 6) is -0.935. The molecule has 0 amide bonds. The summed E-state index contributed by atoms with van der Waals surface area (Å²) >= 11 is 0. The maximum atomic E-state index is 14.0. The number of rotatable bonds is 10. The lowest BCUT2D eigenvalue weighted by Crippen LogP contribution is -2.32. The molecule has 2 aliphatic rings. The minimum Gasteiger partial charge on any atom is -0.476 e. The highest BCUT2D eigenvalue weighted by Gasteiger charge is 2.36. The number of halogens is 2. The van der Waals surface area contributed by atoms with Crippen molar-refractivity contribution in [2.45, 2.75) is 45.6 Å². The number of piperidine rings is 1. The molecule has 3 aromatic rings. The molecule has 0 saturated carbocycles. The number of aromatic nitrogens is 2. The summed E-state index contributed by atoms with van der Waals surface area (Å²) in [5.41, 5.74) is 3.05. The van der Waals surface area contributed by atoms with E-state index in [9.17, 15) is 13.6 Å². The Balaban J connectivity index is 1.34. The zero-order valence-electron chi connectivity index (χ0n) is 23.5. The molecule has 2 aromatic carbocycles. The fourth-order valence-corrected chi connectivity index (χ4v) is 5.66. The van der Waals surface area contributed by atoms with Gasteiger partial charge in [0.1, 0.15) is 11.9 Å². The molecule has 5 rings (SSSR count). The van der Waals surface area contributed by atoms with Crippen LogP contribution in [0, 0.1) is 30.4 Å². The number of carbonyl (C=O) groups is 1. The van der Waals surface area contributed by atoms with E-state index in [-0.39, 0.29) is 24.5 Å². The number of hydrogen-bond donors (Lipinski definition) is 0. The molecule has 40 heavy (non-hydrogen) atoms. The van der Waals surface area contributed by atoms with E-state index in [0.717, 1.165) is 48.9 Å². The van der Waals surface area contributed by atoms with E-state index in [4.69, 9.17) is 14.7 Å². The number of benzene rings is 2. The number of hydroxylamine groups is 2. The van der Waals surface area contributed by atoms with Crippen LogP contribution in [0.1, 0.15) is 49.1 Å². The van der Waals surface area contributed by atoms with Crippen molar-refractivity contribution in [3.63, 3.8) is 0 Å². The van der Waals surface area contributed by atoms with Gasteiger partial charge in [-0.1, -0.05) is 31.2 Å². The standard InChI is InChI=1S/C31H38F2N4O3/c1-4-36-19-24(30(40-36)23-10-11-27(32)28(33)17-23)16-26(38)18-29-21(2)31(34-37(29)25-8-6-5-7-9-25)39-20-22-12-14-35(3)15-13-22/h5-11,17,22,24,30H,4,12-16,18-20H2,1-3H3/t24-,30+/m1/s1. The Kier molecular flexibility index (Phi) is 8.93. The molecule has 1 aromatic heterocycles. The van der Waals surface area contributed by atoms with Crippen LogP contribution in [0.5, 0.6) is 5.88 Å². The maximum Gasteiger partial charge on any atom is 0.236 e. The molecule has 2 atom stereocenters. The highest BCUT2D eigenvalue weighted by Crippen LogP contribution is 2.37. The molecule has 2 saturated heterocycles. The zero-order chi connectivity index (χ0) is 28.2. The summed E-state index contributed by atoms with van der Waals surface area (Å²) in [6.45, 7) is 7.82. The lowest BCUT2D eigenvalue weighted by Gasteiger charge is -2.28. The Morgan fingerprint density at radius 2 is 1.85 bits per heavy atom. The molecule has 9 heteroatoms. The van der Waals surface area contributed by atoms with Crippen molar-refractivity contribution in [3.8, 4) is 11.6 Å². The number of para-hydroxylation sites is 1. The molecular weight excluding hydrogens is 514 g/mol. The van der Waals surface area contributed by atoms with Crippen LogP contribution < -0.4 is 4.74 Å². The Morgan fingerprint density at radius 3 is 2.55 bits per heavy atom. The molecule has 7 nitrogen and oxygen atoms in total. The zero-order valence-corrected chi connectivity index (χ0v) is 23.5. The highest BCUT2D eigenvalue weighted by atomic mass is 19.2. The van der Waals surface area contributed by atoms with Gasteiger partial charge in [0.15, 0.2) is 11.6 Å². The molecule has 214 valence electrons. The minimum atomic E-state index is -0.920. The van der Waals surface area contributed by atoms with Crippen molar-refractivity contribution in [3.05, 3.63) is 77.0 Å². The first-order valence-corrected chi connectivity index (χ1v) is 14.2. The maximum absolute atomic E-state index is 14.0. The number of nitrogens with zero attached hydrogens (tertiary/aromatic N) is 4. The second-order valence-electron chi connectivity index (χ2n) is 11.0. The van der Waals surface area contributed by atoms with Crippen LogP contribution in [-0.2, 0) is 16.1 Å². The first kappa shape index (κ1) is 28.4. The SMILES string of the molecule is CCN1C[C@@H](CC(=O)Cc2c(C)c(OCC3CCN(C)CC3)nn2-c2ccccc2)[C@H](c2ccc(F)c(F)c2)O1. The quantitative estimate of drug-likeness (QED) is 0.340. The van der Waals surface area contributed by atoms with Crippen LogP contribution >= 0.6 is 0 Å². The molecule has 0 bridgehead atoms. The number of ether oxygens (including phenoxy) is 1. The number of likely N-dealkylation sites (tertiary alicyclic amines) is 1. The topological polar surface area (TPSA) is 59.8 Å². The third-order valence-corrected chi connectivity index (χ3v) is 8.10. The van der Waals surface area contributed by atoms with Gasteiger partial charge < -0.3 is 9.64 Å². The summed E-state index contributed by atoms with van der Waals surface area (Å²) in [4.78, 5) is 21.9. The number of hydrogen-bond acceptors (Lipinski definition) is 6. The molecule has 2 fully saturated rings. The van der Waals surface area contributed by atoms with Crippen LogP contribution in [0.3, 0.4) is 0 Å². The molecule has 0 N–H and O–H groups in total. The Labute approximate surface area is 234 Å². The van der Waals surface area contributed by atoms with Crippen molar-refractivity contribution in [2.24, 2.45) is 11.8 Å². The fraction of sp³-hybridized carbons (Fsp3) is 0.484. The van der Waals surface area contributed by atoms with Gasteiger partial charge in [0.2, 0.25) is 5.88 Å². The summed E-state index contributed by atoms with van der Waals surface area (Å²) in [6.07, 6.45) is 2.09. The van der Waals surface area contributed by atoms with Crippen LogP contribution in [0.2, 0.25) is 0 Å². The van der Waals surface area contributed by atoms with Crippen LogP contribution in [0.15, 0.2) is 48.5 Å². The monoisotopic (exact) mass is 552 g/mol. The molecule has 0 unspecified atom stereocenters. The molecular formula is C31H38F2N4O3. The first-order chi connectivity index (χ1) is 19.3. The van der Waals surface area contributed by atoms with Gasteiger partial charge in [-0.15, -0.1) is 5.10 Å². The number of Topliss-reactive ketones (excluding diaryl/α,β-unsaturated/α-hetero) is 1. The molecule has 3 heterocycles. The number of ketones is 1. The molecule has 0 spiro atoms. The van der Waals surface area contributed by atoms with Gasteiger partial charge >= 0.3 is 0 Å². The van der Waals surface area contributed by atoms with Gasteiger partial charge in [-0.2, -0.15) is 5.06 Å². The van der Waals surface area contributed by atoms with Crippen molar-refractivity contribution >= 4 is 5.78 Å². The van der Waals surface area contributed by atoms with Crippen molar-refractivity contribution in [1.82, 2.24) is 19.7 Å². The lowest BCUT2D eigenvalue weighted by molar-refractivity contribution is -0.146. The first-order valence-electron chi connectivity index (χ1n) is 14.2. The van der Waals surface area contributed by atoms with Crippen LogP contribution in [0.4, 0.5) is 8.78 Å². The highest BCUT2D eigenvalue weighted by molar-refractivity contribution is 5.81. The smallest absolute Gasteiger partial charge is 0.236 e. The van der Waals surface area contributed by atoms with Gasteiger partial charge in [0, 0.05) is 37.4 Å². The van der Waals surface area contributed by atoms with Crippen LogP contribution in [0.25, 0.3) is 5.69 Å². The van der Waals surface area contributed by atoms with E-state index < -0.39 is 17.7 Å². The van der Waals surface area contributed by atoms with Crippen molar-refractivity contribution in [1.29, 1.82) is 0 Å². The summed E-state index contributed by atoms with van der Waals surface area (Å²) in [7, 11) is 2.14. The third kappa shape index (κ3) is 6.43. The summed E-state index contributed by atoms with van der Waals surface area (Å²) < 4.78 is 35.6. The van der Waals surface area contributed by atoms with Crippen molar-refractivity contribution in [2.75, 3.05) is 39.8 Å². The van der Waals surface area contributed by atoms with E-state index in [1.807, 2.05) is 48.9 Å². The molecule has 0 aliphatic carbocycles. The lowest BCUT2D eigenvalue weighted by atomic mass is 9.90. The van der Waals surface area contributed by atoms with Gasteiger partial charge in [0.25, 0.3) is 0 Å². The fourth-order valence-electron chi connectivity index (χ4n) is 5.66. The second kappa shape index (κ2) is 12.6. The van der Waals surface area contributed by atoms with E-state index in [1.54, 1.807) is 5.06 Å². The third-order valence-electron chi connectivity index (χ3n) is 8.10. The van der Waals surface area contributed by atoms with Gasteiger partial charge in [-0.25, -0.2) is 13.5 Å². The van der Waals surface area contributed by atoms with Gasteiger partial charge in [-0.3, -0.25) is 9.63 Å². The van der Waals surface area contributed by atoms with E-state index in [0.29, 0.717) is 37.1 Å². The van der Waals surface area contributed by atoms with Gasteiger partial charge in [-0.05, 0) is 75.6 Å². The predicted molar refractivity (Wildman–Crippen MR) is 148 cm³/mol. The second-order valence-corrected chi connectivity index (χ2v) is 11.0. The Morgan fingerprint density at radius 1 is 1.10 bits per heavy atom. The minimum absolute atomic E-state index is 0.0289. The summed E-state index contributed by atoms with van der Waals surface area (Å²) in [6, 6.07) is 13.6. The van der Waals surface area contributed by atoms with Crippen molar-refractivity contribution < 1.29 is 23.1 Å². The van der Waals surface area contributed by atoms with E-state index >= 15 is 0 Å². The molecule has 0 radical (unpaired) electrons. The normalized spacial score (nSPS) is 20.7. The summed E-state index contributed by atoms with van der Waals surface area (Å²) in [5, 5.41) is 6.57. The predicted octanol–water partition coefficient (Wildman–Crippen LogP) is 5.31. The largest absolute Gasteiger partial charge is 0.476 e. The number of carbonyl (C=O) groups excluding carboxylic acids is 1. The molecule has 2 aliphatic heterocycles. The average Bonchev–Trinajstić information content (AvgIpc) is 3.51.